The number of rotatable bonds is 8. The number of oxazole rings is 1. The Morgan fingerprint density at radius 1 is 1.23 bits per heavy atom. The maximum absolute atomic E-state index is 12.9. The van der Waals surface area contributed by atoms with Crippen molar-refractivity contribution in [2.75, 3.05) is 19.6 Å². The lowest BCUT2D eigenvalue weighted by atomic mass is 10.2. The summed E-state index contributed by atoms with van der Waals surface area (Å²) in [5.41, 5.74) is 1.23. The van der Waals surface area contributed by atoms with Gasteiger partial charge in [-0.05, 0) is 37.2 Å². The maximum Gasteiger partial charge on any atom is 0.226 e. The largest absolute Gasteiger partial charge is 0.444 e. The fourth-order valence-corrected chi connectivity index (χ4v) is 1.93. The summed E-state index contributed by atoms with van der Waals surface area (Å²) in [7, 11) is 0. The van der Waals surface area contributed by atoms with Gasteiger partial charge in [-0.1, -0.05) is 6.92 Å². The highest BCUT2D eigenvalue weighted by atomic mass is 19.1. The molecule has 0 bridgehead atoms. The monoisotopic (exact) mass is 305 g/mol. The summed E-state index contributed by atoms with van der Waals surface area (Å²) >= 11 is 0. The van der Waals surface area contributed by atoms with E-state index in [1.165, 1.54) is 18.4 Å². The first-order valence-corrected chi connectivity index (χ1v) is 7.37. The fraction of sp³-hybridized carbons (Fsp3) is 0.375. The summed E-state index contributed by atoms with van der Waals surface area (Å²) in [5, 5.41) is 6.02. The van der Waals surface area contributed by atoms with Crippen molar-refractivity contribution in [2.24, 2.45) is 0 Å². The smallest absolute Gasteiger partial charge is 0.226 e. The lowest BCUT2D eigenvalue weighted by Gasteiger charge is -2.04. The van der Waals surface area contributed by atoms with Crippen LogP contribution in [0.5, 0.6) is 0 Å². The second kappa shape index (κ2) is 8.29. The van der Waals surface area contributed by atoms with Gasteiger partial charge >= 0.3 is 0 Å². The van der Waals surface area contributed by atoms with Crippen molar-refractivity contribution >= 4 is 5.91 Å². The molecule has 2 rings (SSSR count). The molecule has 5 nitrogen and oxygen atoms in total. The molecule has 118 valence electrons. The van der Waals surface area contributed by atoms with Gasteiger partial charge in [-0.15, -0.1) is 0 Å². The van der Waals surface area contributed by atoms with E-state index in [9.17, 15) is 9.18 Å². The molecule has 0 fully saturated rings. The SMILES string of the molecule is CCCNCCNC(=O)Cc1coc(-c2ccc(F)cc2)n1. The summed E-state index contributed by atoms with van der Waals surface area (Å²) in [6, 6.07) is 5.86. The molecule has 2 N–H and O–H groups in total. The van der Waals surface area contributed by atoms with Gasteiger partial charge in [-0.2, -0.15) is 0 Å². The van der Waals surface area contributed by atoms with Crippen molar-refractivity contribution in [2.45, 2.75) is 19.8 Å². The van der Waals surface area contributed by atoms with Crippen LogP contribution in [0.3, 0.4) is 0 Å². The minimum absolute atomic E-state index is 0.0998. The van der Waals surface area contributed by atoms with Crippen molar-refractivity contribution in [1.29, 1.82) is 0 Å². The second-order valence-corrected chi connectivity index (χ2v) is 4.93. The molecule has 0 radical (unpaired) electrons. The van der Waals surface area contributed by atoms with E-state index >= 15 is 0 Å². The molecule has 1 aromatic heterocycles. The van der Waals surface area contributed by atoms with E-state index in [1.54, 1.807) is 12.1 Å². The number of nitrogens with zero attached hydrogens (tertiary/aromatic N) is 1. The normalized spacial score (nSPS) is 10.6. The van der Waals surface area contributed by atoms with Crippen LogP contribution in [0.4, 0.5) is 4.39 Å². The first kappa shape index (κ1) is 16.2. The third kappa shape index (κ3) is 4.96. The third-order valence-electron chi connectivity index (χ3n) is 3.04. The van der Waals surface area contributed by atoms with Gasteiger partial charge in [0.1, 0.15) is 12.1 Å². The van der Waals surface area contributed by atoms with Crippen LogP contribution in [0.2, 0.25) is 0 Å². The molecule has 0 aliphatic rings. The van der Waals surface area contributed by atoms with E-state index in [-0.39, 0.29) is 18.1 Å². The number of aromatic nitrogens is 1. The number of halogens is 1. The summed E-state index contributed by atoms with van der Waals surface area (Å²) < 4.78 is 18.2. The first-order valence-electron chi connectivity index (χ1n) is 7.37. The van der Waals surface area contributed by atoms with Gasteiger partial charge in [0.2, 0.25) is 11.8 Å². The fourth-order valence-electron chi connectivity index (χ4n) is 1.93. The van der Waals surface area contributed by atoms with Gasteiger partial charge in [0.15, 0.2) is 0 Å². The van der Waals surface area contributed by atoms with Gasteiger partial charge in [0.05, 0.1) is 12.1 Å². The topological polar surface area (TPSA) is 67.2 Å². The van der Waals surface area contributed by atoms with Crippen molar-refractivity contribution in [3.8, 4) is 11.5 Å². The number of amides is 1. The second-order valence-electron chi connectivity index (χ2n) is 4.93. The third-order valence-corrected chi connectivity index (χ3v) is 3.04. The van der Waals surface area contributed by atoms with Crippen LogP contribution in [-0.2, 0) is 11.2 Å². The van der Waals surface area contributed by atoms with Gasteiger partial charge in [0, 0.05) is 18.7 Å². The molecule has 0 unspecified atom stereocenters. The Kier molecular flexibility index (Phi) is 6.09. The van der Waals surface area contributed by atoms with E-state index in [0.717, 1.165) is 19.5 Å². The Balaban J connectivity index is 1.81. The molecule has 0 aliphatic carbocycles. The lowest BCUT2D eigenvalue weighted by Crippen LogP contribution is -2.33. The number of hydrogen-bond acceptors (Lipinski definition) is 4. The Morgan fingerprint density at radius 2 is 2.00 bits per heavy atom. The zero-order valence-corrected chi connectivity index (χ0v) is 12.6. The van der Waals surface area contributed by atoms with Crippen LogP contribution in [0.1, 0.15) is 19.0 Å². The number of nitrogens with one attached hydrogen (secondary N) is 2. The number of hydrogen-bond donors (Lipinski definition) is 2. The number of carbonyl (C=O) groups is 1. The Bertz CT molecular complexity index is 596. The Labute approximate surface area is 128 Å². The first-order chi connectivity index (χ1) is 10.7. The van der Waals surface area contributed by atoms with Gasteiger partial charge in [-0.3, -0.25) is 4.79 Å². The molecule has 1 amide bonds. The van der Waals surface area contributed by atoms with Gasteiger partial charge in [0.25, 0.3) is 0 Å². The van der Waals surface area contributed by atoms with E-state index in [4.69, 9.17) is 4.42 Å². The predicted molar refractivity (Wildman–Crippen MR) is 81.8 cm³/mol. The standard InChI is InChI=1S/C16H20FN3O2/c1-2-7-18-8-9-19-15(21)10-14-11-22-16(20-14)12-3-5-13(17)6-4-12/h3-6,11,18H,2,7-10H2,1H3,(H,19,21). The van der Waals surface area contributed by atoms with Crippen LogP contribution >= 0.6 is 0 Å². The molecular formula is C16H20FN3O2. The summed E-state index contributed by atoms with van der Waals surface area (Å²) in [5.74, 6) is -0.0312. The predicted octanol–water partition coefficient (Wildman–Crippen LogP) is 2.14. The Morgan fingerprint density at radius 3 is 2.73 bits per heavy atom. The van der Waals surface area contributed by atoms with Crippen molar-refractivity contribution < 1.29 is 13.6 Å². The van der Waals surface area contributed by atoms with Crippen LogP contribution < -0.4 is 10.6 Å². The quantitative estimate of drug-likeness (QED) is 0.733. The molecular weight excluding hydrogens is 285 g/mol. The lowest BCUT2D eigenvalue weighted by molar-refractivity contribution is -0.120. The molecule has 0 saturated heterocycles. The molecule has 0 saturated carbocycles. The Hall–Kier alpha value is -2.21. The van der Waals surface area contributed by atoms with Crippen LogP contribution in [0.15, 0.2) is 34.9 Å². The zero-order valence-electron chi connectivity index (χ0n) is 12.6. The van der Waals surface area contributed by atoms with Crippen molar-refractivity contribution in [1.82, 2.24) is 15.6 Å². The van der Waals surface area contributed by atoms with Gasteiger partial charge < -0.3 is 15.1 Å². The van der Waals surface area contributed by atoms with Gasteiger partial charge in [-0.25, -0.2) is 9.37 Å². The highest BCUT2D eigenvalue weighted by Crippen LogP contribution is 2.18. The molecule has 6 heteroatoms. The number of benzene rings is 1. The molecule has 0 aliphatic heterocycles. The minimum Gasteiger partial charge on any atom is -0.444 e. The molecule has 2 aromatic rings. The van der Waals surface area contributed by atoms with Crippen molar-refractivity contribution in [3.05, 3.63) is 42.0 Å². The molecule has 1 aromatic carbocycles. The van der Waals surface area contributed by atoms with Crippen LogP contribution in [0.25, 0.3) is 11.5 Å². The molecule has 0 spiro atoms. The average molecular weight is 305 g/mol. The number of carbonyl (C=O) groups excluding carboxylic acids is 1. The summed E-state index contributed by atoms with van der Waals surface area (Å²) in [4.78, 5) is 16.0. The van der Waals surface area contributed by atoms with E-state index in [2.05, 4.69) is 22.5 Å². The maximum atomic E-state index is 12.9. The van der Waals surface area contributed by atoms with E-state index in [1.807, 2.05) is 0 Å². The average Bonchev–Trinajstić information content (AvgIpc) is 2.96. The highest BCUT2D eigenvalue weighted by Gasteiger charge is 2.10. The molecule has 1 heterocycles. The molecule has 22 heavy (non-hydrogen) atoms. The zero-order chi connectivity index (χ0) is 15.8. The van der Waals surface area contributed by atoms with Crippen molar-refractivity contribution in [3.63, 3.8) is 0 Å². The van der Waals surface area contributed by atoms with Crippen LogP contribution in [0, 0.1) is 5.82 Å². The summed E-state index contributed by atoms with van der Waals surface area (Å²) in [6.07, 6.45) is 2.69. The highest BCUT2D eigenvalue weighted by molar-refractivity contribution is 5.78. The molecule has 0 atom stereocenters. The minimum atomic E-state index is -0.313. The van der Waals surface area contributed by atoms with Crippen LogP contribution in [-0.4, -0.2) is 30.5 Å². The van der Waals surface area contributed by atoms with E-state index in [0.29, 0.717) is 23.7 Å². The van der Waals surface area contributed by atoms with E-state index < -0.39 is 0 Å². The summed E-state index contributed by atoms with van der Waals surface area (Å²) in [6.45, 7) is 4.37.